The fourth-order valence-electron chi connectivity index (χ4n) is 4.07. The molecule has 2 atom stereocenters. The number of aromatic nitrogens is 2. The average molecular weight is 481 g/mol. The quantitative estimate of drug-likeness (QED) is 0.509. The highest BCUT2D eigenvalue weighted by molar-refractivity contribution is 5.93. The van der Waals surface area contributed by atoms with E-state index in [1.807, 2.05) is 4.90 Å². The number of hydrogen-bond acceptors (Lipinski definition) is 5. The van der Waals surface area contributed by atoms with Gasteiger partial charge in [-0.15, -0.1) is 0 Å². The summed E-state index contributed by atoms with van der Waals surface area (Å²) in [6.07, 6.45) is -1.94. The van der Waals surface area contributed by atoms with E-state index in [1.54, 1.807) is 20.2 Å². The number of primary amides is 1. The summed E-state index contributed by atoms with van der Waals surface area (Å²) < 4.78 is 55.5. The third-order valence-electron chi connectivity index (χ3n) is 6.34. The second-order valence-electron chi connectivity index (χ2n) is 8.82. The summed E-state index contributed by atoms with van der Waals surface area (Å²) in [5.41, 5.74) is 3.50. The molecule has 0 spiro atoms. The molecule has 1 aliphatic carbocycles. The van der Waals surface area contributed by atoms with Crippen LogP contribution in [0, 0.1) is 11.2 Å². The Bertz CT molecular complexity index is 1030. The van der Waals surface area contributed by atoms with Crippen LogP contribution in [-0.2, 0) is 11.2 Å². The van der Waals surface area contributed by atoms with Crippen molar-refractivity contribution in [2.24, 2.45) is 11.1 Å². The predicted molar refractivity (Wildman–Crippen MR) is 116 cm³/mol. The Labute approximate surface area is 194 Å². The number of carbonyl (C=O) groups is 2. The molecular formula is C23H27F4N5O2. The topological polar surface area (TPSA) is 101 Å². The number of alkyl halides is 3. The van der Waals surface area contributed by atoms with E-state index in [4.69, 9.17) is 5.73 Å². The number of likely N-dealkylation sites (N-methyl/N-ethyl adjacent to an activating group) is 1. The molecule has 0 aliphatic heterocycles. The molecule has 11 heteroatoms. The van der Waals surface area contributed by atoms with Crippen LogP contribution in [0.1, 0.15) is 46.9 Å². The Morgan fingerprint density at radius 2 is 1.85 bits per heavy atom. The molecule has 1 aliphatic rings. The van der Waals surface area contributed by atoms with Crippen LogP contribution in [0.15, 0.2) is 36.7 Å². The van der Waals surface area contributed by atoms with Gasteiger partial charge in [-0.1, -0.05) is 6.07 Å². The number of hydrogen-bond donors (Lipinski definition) is 2. The molecule has 0 radical (unpaired) electrons. The van der Waals surface area contributed by atoms with E-state index >= 15 is 0 Å². The lowest BCUT2D eigenvalue weighted by Crippen LogP contribution is -2.43. The number of benzene rings is 1. The monoisotopic (exact) mass is 481 g/mol. The van der Waals surface area contributed by atoms with Crippen LogP contribution in [0.5, 0.6) is 0 Å². The molecule has 1 fully saturated rings. The van der Waals surface area contributed by atoms with Crippen molar-refractivity contribution in [3.05, 3.63) is 59.4 Å². The molecule has 34 heavy (non-hydrogen) atoms. The van der Waals surface area contributed by atoms with E-state index < -0.39 is 41.6 Å². The number of nitrogens with zero attached hydrogens (tertiary/aromatic N) is 3. The molecule has 0 bridgehead atoms. The fraction of sp³-hybridized carbons (Fsp3) is 0.478. The lowest BCUT2D eigenvalue weighted by atomic mass is 9.84. The van der Waals surface area contributed by atoms with Gasteiger partial charge in [0.2, 0.25) is 5.91 Å². The third-order valence-corrected chi connectivity index (χ3v) is 6.34. The Kier molecular flexibility index (Phi) is 7.54. The van der Waals surface area contributed by atoms with Crippen LogP contribution in [0.25, 0.3) is 0 Å². The number of rotatable bonds is 10. The minimum absolute atomic E-state index is 0.00153. The summed E-state index contributed by atoms with van der Waals surface area (Å²) in [6, 6.07) is 5.32. The maximum atomic E-state index is 14.1. The number of amides is 2. The summed E-state index contributed by atoms with van der Waals surface area (Å²) in [5, 5.41) is 2.71. The smallest absolute Gasteiger partial charge is 0.366 e. The first kappa shape index (κ1) is 25.5. The van der Waals surface area contributed by atoms with E-state index in [0.717, 1.165) is 0 Å². The van der Waals surface area contributed by atoms with Crippen molar-refractivity contribution in [2.75, 3.05) is 20.6 Å². The molecule has 1 saturated carbocycles. The Morgan fingerprint density at radius 1 is 1.21 bits per heavy atom. The SMILES string of the molecule is CN(C)[C@H](CNC(=O)CC(c1ncccn1)C1(C(F)(F)F)CC1)Cc1ccc(C(N)=O)c(F)c1. The van der Waals surface area contributed by atoms with Crippen molar-refractivity contribution < 1.29 is 27.2 Å². The van der Waals surface area contributed by atoms with Crippen LogP contribution in [-0.4, -0.2) is 59.5 Å². The van der Waals surface area contributed by atoms with Crippen LogP contribution in [0.3, 0.4) is 0 Å². The lowest BCUT2D eigenvalue weighted by Gasteiger charge is -2.28. The molecule has 0 saturated heterocycles. The number of carbonyl (C=O) groups excluding carboxylic acids is 2. The molecule has 7 nitrogen and oxygen atoms in total. The largest absolute Gasteiger partial charge is 0.395 e. The van der Waals surface area contributed by atoms with E-state index in [-0.39, 0.29) is 36.8 Å². The normalized spacial score (nSPS) is 16.7. The molecule has 3 rings (SSSR count). The molecule has 1 heterocycles. The van der Waals surface area contributed by atoms with Crippen molar-refractivity contribution >= 4 is 11.8 Å². The van der Waals surface area contributed by atoms with Gasteiger partial charge in [-0.25, -0.2) is 14.4 Å². The van der Waals surface area contributed by atoms with Crippen LogP contribution >= 0.6 is 0 Å². The molecule has 2 amide bonds. The molecule has 184 valence electrons. The molecule has 1 aromatic heterocycles. The third kappa shape index (κ3) is 5.69. The van der Waals surface area contributed by atoms with E-state index in [1.165, 1.54) is 30.6 Å². The van der Waals surface area contributed by atoms with Crippen LogP contribution < -0.4 is 11.1 Å². The minimum atomic E-state index is -4.47. The van der Waals surface area contributed by atoms with Gasteiger partial charge >= 0.3 is 6.18 Å². The van der Waals surface area contributed by atoms with Crippen molar-refractivity contribution in [2.45, 2.75) is 43.8 Å². The summed E-state index contributed by atoms with van der Waals surface area (Å²) in [7, 11) is 3.54. The minimum Gasteiger partial charge on any atom is -0.366 e. The molecule has 1 unspecified atom stereocenters. The Balaban J connectivity index is 1.68. The number of nitrogens with two attached hydrogens (primary N) is 1. The summed E-state index contributed by atoms with van der Waals surface area (Å²) in [4.78, 5) is 33.7. The molecule has 1 aromatic carbocycles. The number of nitrogens with one attached hydrogen (secondary N) is 1. The zero-order valence-electron chi connectivity index (χ0n) is 18.9. The van der Waals surface area contributed by atoms with Crippen LogP contribution in [0.2, 0.25) is 0 Å². The Morgan fingerprint density at radius 3 is 2.35 bits per heavy atom. The first-order valence-electron chi connectivity index (χ1n) is 10.8. The summed E-state index contributed by atoms with van der Waals surface area (Å²) in [6.45, 7) is 0.131. The highest BCUT2D eigenvalue weighted by Crippen LogP contribution is 2.65. The highest BCUT2D eigenvalue weighted by Gasteiger charge is 2.68. The van der Waals surface area contributed by atoms with Gasteiger partial charge in [-0.2, -0.15) is 13.2 Å². The standard InChI is InChI=1S/C23H27F4N5O2/c1-32(2)15(10-14-4-5-16(20(28)34)18(24)11-14)13-31-19(33)12-17(21-29-8-3-9-30-21)22(6-7-22)23(25,26)27/h3-5,8-9,11,15,17H,6-7,10,12-13H2,1-2H3,(H2,28,34)(H,31,33)/t15-,17?/m0/s1. The van der Waals surface area contributed by atoms with Crippen molar-refractivity contribution in [3.8, 4) is 0 Å². The predicted octanol–water partition coefficient (Wildman–Crippen LogP) is 2.82. The van der Waals surface area contributed by atoms with Crippen LogP contribution in [0.4, 0.5) is 17.6 Å². The van der Waals surface area contributed by atoms with Gasteiger partial charge in [0, 0.05) is 37.3 Å². The highest BCUT2D eigenvalue weighted by atomic mass is 19.4. The van der Waals surface area contributed by atoms with Gasteiger partial charge in [-0.3, -0.25) is 9.59 Å². The molecule has 2 aromatic rings. The summed E-state index contributed by atoms with van der Waals surface area (Å²) in [5.74, 6) is -3.33. The average Bonchev–Trinajstić information content (AvgIpc) is 3.57. The second-order valence-corrected chi connectivity index (χ2v) is 8.82. The van der Waals surface area contributed by atoms with Crippen molar-refractivity contribution in [1.82, 2.24) is 20.2 Å². The van der Waals surface area contributed by atoms with Gasteiger partial charge < -0.3 is 16.0 Å². The maximum absolute atomic E-state index is 14.1. The van der Waals surface area contributed by atoms with E-state index in [2.05, 4.69) is 15.3 Å². The maximum Gasteiger partial charge on any atom is 0.395 e. The zero-order chi connectivity index (χ0) is 25.1. The molecular weight excluding hydrogens is 454 g/mol. The van der Waals surface area contributed by atoms with Crippen molar-refractivity contribution in [3.63, 3.8) is 0 Å². The van der Waals surface area contributed by atoms with Crippen molar-refractivity contribution in [1.29, 1.82) is 0 Å². The number of halogens is 4. The zero-order valence-corrected chi connectivity index (χ0v) is 18.9. The van der Waals surface area contributed by atoms with E-state index in [9.17, 15) is 27.2 Å². The van der Waals surface area contributed by atoms with Gasteiger partial charge in [0.1, 0.15) is 11.6 Å². The van der Waals surface area contributed by atoms with Gasteiger partial charge in [-0.05, 0) is 57.1 Å². The molecule has 3 N–H and O–H groups in total. The second kappa shape index (κ2) is 10.0. The Hall–Kier alpha value is -3.08. The van der Waals surface area contributed by atoms with Gasteiger partial charge in [0.05, 0.1) is 11.0 Å². The van der Waals surface area contributed by atoms with E-state index in [0.29, 0.717) is 12.0 Å². The first-order valence-corrected chi connectivity index (χ1v) is 10.8. The first-order chi connectivity index (χ1) is 15.9. The fourth-order valence-corrected chi connectivity index (χ4v) is 4.07. The van der Waals surface area contributed by atoms with Gasteiger partial charge in [0.15, 0.2) is 0 Å². The van der Waals surface area contributed by atoms with Gasteiger partial charge in [0.25, 0.3) is 5.91 Å². The lowest BCUT2D eigenvalue weighted by molar-refractivity contribution is -0.195. The summed E-state index contributed by atoms with van der Waals surface area (Å²) >= 11 is 0.